The summed E-state index contributed by atoms with van der Waals surface area (Å²) in [5.41, 5.74) is 8.56. The van der Waals surface area contributed by atoms with Gasteiger partial charge < -0.3 is 5.73 Å². The summed E-state index contributed by atoms with van der Waals surface area (Å²) in [6.07, 6.45) is 0.856. The van der Waals surface area contributed by atoms with Crippen molar-refractivity contribution in [1.29, 1.82) is 0 Å². The monoisotopic (exact) mass is 373 g/mol. The Kier molecular flexibility index (Phi) is 5.41. The fourth-order valence-corrected chi connectivity index (χ4v) is 4.04. The van der Waals surface area contributed by atoms with E-state index in [1.54, 1.807) is 11.8 Å². The number of hydrogen-bond donors (Lipinski definition) is 1. The van der Waals surface area contributed by atoms with Crippen LogP contribution in [0.2, 0.25) is 5.02 Å². The maximum absolute atomic E-state index is 6.41. The molecule has 1 aromatic heterocycles. The molecule has 2 N–H and O–H groups in total. The quantitative estimate of drug-likeness (QED) is 0.606. The Morgan fingerprint density at radius 3 is 2.75 bits per heavy atom. The lowest BCUT2D eigenvalue weighted by Gasteiger charge is -2.07. The predicted octanol–water partition coefficient (Wildman–Crippen LogP) is 4.76. The molecule has 0 radical (unpaired) electrons. The number of nitrogens with two attached hydrogens (primary N) is 1. The van der Waals surface area contributed by atoms with Crippen molar-refractivity contribution in [2.24, 2.45) is 0 Å². The molecule has 6 heteroatoms. The van der Waals surface area contributed by atoms with Crippen LogP contribution >= 0.6 is 39.3 Å². The summed E-state index contributed by atoms with van der Waals surface area (Å²) in [6, 6.07) is 5.84. The highest BCUT2D eigenvalue weighted by Crippen LogP contribution is 2.34. The molecule has 0 aliphatic heterocycles. The van der Waals surface area contributed by atoms with Gasteiger partial charge in [0.05, 0.1) is 16.4 Å². The van der Waals surface area contributed by atoms with E-state index in [-0.39, 0.29) is 0 Å². The molecule has 2 rings (SSSR count). The zero-order chi connectivity index (χ0) is 14.7. The number of anilines is 1. The van der Waals surface area contributed by atoms with Crippen LogP contribution in [0.25, 0.3) is 0 Å². The van der Waals surface area contributed by atoms with Crippen LogP contribution in [0.3, 0.4) is 0 Å². The van der Waals surface area contributed by atoms with Gasteiger partial charge in [-0.25, -0.2) is 0 Å². The second kappa shape index (κ2) is 6.87. The molecule has 0 saturated carbocycles. The van der Waals surface area contributed by atoms with Crippen LogP contribution in [-0.4, -0.2) is 9.78 Å². The van der Waals surface area contributed by atoms with E-state index in [9.17, 15) is 0 Å². The van der Waals surface area contributed by atoms with Crippen LogP contribution in [0.4, 0.5) is 5.69 Å². The van der Waals surface area contributed by atoms with Gasteiger partial charge in [0, 0.05) is 27.4 Å². The van der Waals surface area contributed by atoms with E-state index in [2.05, 4.69) is 34.9 Å². The molecule has 1 heterocycles. The van der Waals surface area contributed by atoms with E-state index in [1.165, 1.54) is 0 Å². The Morgan fingerprint density at radius 1 is 1.40 bits per heavy atom. The van der Waals surface area contributed by atoms with E-state index in [4.69, 9.17) is 17.3 Å². The molecule has 0 spiro atoms. The summed E-state index contributed by atoms with van der Waals surface area (Å²) in [6.45, 7) is 4.98. The number of benzene rings is 1. The van der Waals surface area contributed by atoms with Crippen LogP contribution in [0.1, 0.15) is 25.2 Å². The van der Waals surface area contributed by atoms with Crippen molar-refractivity contribution in [3.8, 4) is 0 Å². The van der Waals surface area contributed by atoms with E-state index < -0.39 is 0 Å². The first-order chi connectivity index (χ1) is 9.56. The van der Waals surface area contributed by atoms with Gasteiger partial charge in [-0.1, -0.05) is 18.5 Å². The van der Waals surface area contributed by atoms with Gasteiger partial charge in [0.2, 0.25) is 0 Å². The molecule has 0 saturated heterocycles. The van der Waals surface area contributed by atoms with E-state index in [0.29, 0.717) is 0 Å². The van der Waals surface area contributed by atoms with Gasteiger partial charge in [-0.3, -0.25) is 4.68 Å². The zero-order valence-corrected chi connectivity index (χ0v) is 14.6. The number of thioether (sulfide) groups is 1. The molecule has 0 aliphatic rings. The molecule has 0 aliphatic carbocycles. The molecule has 1 aromatic carbocycles. The minimum absolute atomic E-state index is 0.756. The maximum atomic E-state index is 6.41. The standard InChI is InChI=1S/C14H17BrClN3S/c1-3-11-14(16)12(19(4-2)18-11)8-20-13-6-5-9(17)7-10(13)15/h5-7H,3-4,8,17H2,1-2H3. The third kappa shape index (κ3) is 3.32. The van der Waals surface area contributed by atoms with Crippen molar-refractivity contribution >= 4 is 45.0 Å². The molecule has 0 bridgehead atoms. The summed E-state index contributed by atoms with van der Waals surface area (Å²) in [5, 5.41) is 5.33. The second-order valence-corrected chi connectivity index (χ2v) is 6.60. The lowest BCUT2D eigenvalue weighted by molar-refractivity contribution is 0.628. The summed E-state index contributed by atoms with van der Waals surface area (Å²) in [5.74, 6) is 0.794. The van der Waals surface area contributed by atoms with Gasteiger partial charge in [0.15, 0.2) is 0 Å². The average Bonchev–Trinajstić information content (AvgIpc) is 2.74. The topological polar surface area (TPSA) is 43.8 Å². The van der Waals surface area contributed by atoms with Crippen LogP contribution in [0.15, 0.2) is 27.6 Å². The normalized spacial score (nSPS) is 11.0. The first-order valence-corrected chi connectivity index (χ1v) is 8.64. The molecular weight excluding hydrogens is 358 g/mol. The lowest BCUT2D eigenvalue weighted by Crippen LogP contribution is -2.01. The molecule has 20 heavy (non-hydrogen) atoms. The van der Waals surface area contributed by atoms with E-state index >= 15 is 0 Å². The first-order valence-electron chi connectivity index (χ1n) is 6.48. The Hall–Kier alpha value is -0.650. The largest absolute Gasteiger partial charge is 0.399 e. The highest BCUT2D eigenvalue weighted by molar-refractivity contribution is 9.10. The first kappa shape index (κ1) is 15.7. The maximum Gasteiger partial charge on any atom is 0.0858 e. The fourth-order valence-electron chi connectivity index (χ4n) is 1.94. The minimum Gasteiger partial charge on any atom is -0.399 e. The summed E-state index contributed by atoms with van der Waals surface area (Å²) >= 11 is 11.7. The minimum atomic E-state index is 0.756. The van der Waals surface area contributed by atoms with Gasteiger partial charge >= 0.3 is 0 Å². The van der Waals surface area contributed by atoms with Crippen molar-refractivity contribution in [2.45, 2.75) is 37.5 Å². The number of nitrogens with zero attached hydrogens (tertiary/aromatic N) is 2. The van der Waals surface area contributed by atoms with Crippen molar-refractivity contribution < 1.29 is 0 Å². The van der Waals surface area contributed by atoms with Crippen LogP contribution in [0.5, 0.6) is 0 Å². The Morgan fingerprint density at radius 2 is 2.15 bits per heavy atom. The fraction of sp³-hybridized carbons (Fsp3) is 0.357. The molecule has 0 unspecified atom stereocenters. The Bertz CT molecular complexity index is 613. The van der Waals surface area contributed by atoms with Crippen LogP contribution in [-0.2, 0) is 18.7 Å². The third-order valence-electron chi connectivity index (χ3n) is 3.01. The molecule has 0 atom stereocenters. The smallest absolute Gasteiger partial charge is 0.0858 e. The third-order valence-corrected chi connectivity index (χ3v) is 5.45. The second-order valence-electron chi connectivity index (χ2n) is 4.36. The highest BCUT2D eigenvalue weighted by Gasteiger charge is 2.14. The predicted molar refractivity (Wildman–Crippen MR) is 90.4 cm³/mol. The van der Waals surface area contributed by atoms with Gasteiger partial charge in [-0.2, -0.15) is 5.10 Å². The number of aromatic nitrogens is 2. The van der Waals surface area contributed by atoms with Crippen LogP contribution in [0, 0.1) is 0 Å². The number of halogens is 2. The molecule has 2 aromatic rings. The number of hydrogen-bond acceptors (Lipinski definition) is 3. The number of aryl methyl sites for hydroxylation is 2. The summed E-state index contributed by atoms with van der Waals surface area (Å²) < 4.78 is 3.00. The molecular formula is C14H17BrClN3S. The Labute approximate surface area is 137 Å². The number of rotatable bonds is 5. The molecule has 0 fully saturated rings. The van der Waals surface area contributed by atoms with Crippen molar-refractivity contribution in [1.82, 2.24) is 9.78 Å². The van der Waals surface area contributed by atoms with Gasteiger partial charge in [0.1, 0.15) is 0 Å². The van der Waals surface area contributed by atoms with Crippen molar-refractivity contribution in [3.05, 3.63) is 39.1 Å². The van der Waals surface area contributed by atoms with E-state index in [1.807, 2.05) is 22.9 Å². The van der Waals surface area contributed by atoms with Crippen molar-refractivity contribution in [2.75, 3.05) is 5.73 Å². The SMILES string of the molecule is CCc1nn(CC)c(CSc2ccc(N)cc2Br)c1Cl. The average molecular weight is 375 g/mol. The summed E-state index contributed by atoms with van der Waals surface area (Å²) in [4.78, 5) is 1.15. The molecule has 3 nitrogen and oxygen atoms in total. The molecule has 0 amide bonds. The zero-order valence-electron chi connectivity index (χ0n) is 11.5. The number of nitrogen functional groups attached to an aromatic ring is 1. The van der Waals surface area contributed by atoms with Crippen LogP contribution < -0.4 is 5.73 Å². The molecule has 108 valence electrons. The highest BCUT2D eigenvalue weighted by atomic mass is 79.9. The van der Waals surface area contributed by atoms with E-state index in [0.717, 1.165) is 50.2 Å². The summed E-state index contributed by atoms with van der Waals surface area (Å²) in [7, 11) is 0. The Balaban J connectivity index is 2.20. The van der Waals surface area contributed by atoms with Crippen molar-refractivity contribution in [3.63, 3.8) is 0 Å². The van der Waals surface area contributed by atoms with Gasteiger partial charge in [-0.15, -0.1) is 11.8 Å². The lowest BCUT2D eigenvalue weighted by atomic mass is 10.3. The van der Waals surface area contributed by atoms with Gasteiger partial charge in [0.25, 0.3) is 0 Å². The van der Waals surface area contributed by atoms with Gasteiger partial charge in [-0.05, 0) is 47.5 Å².